The molecule has 17 heavy (non-hydrogen) atoms. The van der Waals surface area contributed by atoms with Crippen molar-refractivity contribution in [3.63, 3.8) is 0 Å². The molecule has 2 rings (SSSR count). The van der Waals surface area contributed by atoms with Gasteiger partial charge in [0, 0.05) is 10.6 Å². The zero-order chi connectivity index (χ0) is 12.3. The molecular weight excluding hydrogens is 329 g/mol. The summed E-state index contributed by atoms with van der Waals surface area (Å²) in [4.78, 5) is 11.6. The van der Waals surface area contributed by atoms with Crippen LogP contribution in [0.15, 0.2) is 47.4 Å². The minimum Gasteiger partial charge on any atom is -0.503 e. The molecule has 0 aliphatic rings. The van der Waals surface area contributed by atoms with Crippen molar-refractivity contribution in [3.8, 4) is 5.75 Å². The minimum absolute atomic E-state index is 0.212. The van der Waals surface area contributed by atoms with E-state index in [1.165, 1.54) is 16.2 Å². The van der Waals surface area contributed by atoms with E-state index < -0.39 is 0 Å². The van der Waals surface area contributed by atoms with Crippen molar-refractivity contribution in [2.45, 2.75) is 11.0 Å². The summed E-state index contributed by atoms with van der Waals surface area (Å²) in [5, 5.41) is 9.33. The highest BCUT2D eigenvalue weighted by molar-refractivity contribution is 14.1. The Balaban J connectivity index is 2.25. The van der Waals surface area contributed by atoms with Gasteiger partial charge in [0.05, 0.1) is 6.54 Å². The third-order valence-corrected chi connectivity index (χ3v) is 3.41. The Morgan fingerprint density at radius 3 is 2.41 bits per heavy atom. The summed E-state index contributed by atoms with van der Waals surface area (Å²) in [6, 6.07) is 11.2. The fourth-order valence-corrected chi connectivity index (χ4v) is 2.09. The lowest BCUT2D eigenvalue weighted by molar-refractivity contribution is 0.459. The molecule has 0 bridgehead atoms. The Bertz CT molecular complexity index is 560. The predicted octanol–water partition coefficient (Wildman–Crippen LogP) is 2.54. The predicted molar refractivity (Wildman–Crippen MR) is 75.6 cm³/mol. The van der Waals surface area contributed by atoms with E-state index in [-0.39, 0.29) is 11.3 Å². The van der Waals surface area contributed by atoms with E-state index in [1.807, 2.05) is 12.1 Å². The molecule has 0 aliphatic heterocycles. The minimum atomic E-state index is -0.356. The Morgan fingerprint density at radius 2 is 1.76 bits per heavy atom. The van der Waals surface area contributed by atoms with E-state index in [0.717, 1.165) is 9.99 Å². The largest absolute Gasteiger partial charge is 0.503 e. The highest BCUT2D eigenvalue weighted by Crippen LogP contribution is 2.09. The summed E-state index contributed by atoms with van der Waals surface area (Å²) in [7, 11) is 0. The molecule has 0 amide bonds. The fourth-order valence-electron chi connectivity index (χ4n) is 1.58. The van der Waals surface area contributed by atoms with E-state index in [1.54, 1.807) is 12.3 Å². The van der Waals surface area contributed by atoms with Gasteiger partial charge in [0.15, 0.2) is 5.75 Å². The number of hydrogen-bond donors (Lipinski definition) is 1. The van der Waals surface area contributed by atoms with Crippen LogP contribution in [0.3, 0.4) is 0 Å². The topological polar surface area (TPSA) is 42.2 Å². The number of alkyl halides is 1. The smallest absolute Gasteiger partial charge is 0.292 e. The van der Waals surface area contributed by atoms with Gasteiger partial charge in [0.25, 0.3) is 5.56 Å². The first-order chi connectivity index (χ1) is 8.20. The van der Waals surface area contributed by atoms with Crippen LogP contribution in [0.5, 0.6) is 5.75 Å². The van der Waals surface area contributed by atoms with E-state index in [4.69, 9.17) is 0 Å². The van der Waals surface area contributed by atoms with Crippen LogP contribution >= 0.6 is 22.6 Å². The highest BCUT2D eigenvalue weighted by Gasteiger charge is 2.01. The third kappa shape index (κ3) is 2.88. The monoisotopic (exact) mass is 341 g/mol. The summed E-state index contributed by atoms with van der Waals surface area (Å²) in [6.45, 7) is 0.481. The summed E-state index contributed by atoms with van der Waals surface area (Å²) < 4.78 is 2.47. The standard InChI is InChI=1S/C13H12INO2/c14-8-10-3-5-11(6-4-10)9-15-7-1-2-12(16)13(15)17/h1-7,16H,8-9H2. The number of pyridine rings is 1. The van der Waals surface area contributed by atoms with Crippen molar-refractivity contribution in [2.75, 3.05) is 0 Å². The van der Waals surface area contributed by atoms with Crippen molar-refractivity contribution in [1.82, 2.24) is 4.57 Å². The van der Waals surface area contributed by atoms with Crippen LogP contribution in [-0.4, -0.2) is 9.67 Å². The Morgan fingerprint density at radius 1 is 1.12 bits per heavy atom. The molecule has 0 saturated carbocycles. The molecule has 0 radical (unpaired) electrons. The summed E-state index contributed by atoms with van der Waals surface area (Å²) in [5.41, 5.74) is 1.95. The number of benzene rings is 1. The third-order valence-electron chi connectivity index (χ3n) is 2.53. The second-order valence-electron chi connectivity index (χ2n) is 3.78. The lowest BCUT2D eigenvalue weighted by atomic mass is 10.1. The molecule has 4 heteroatoms. The maximum absolute atomic E-state index is 11.6. The molecule has 0 saturated heterocycles. The molecule has 1 heterocycles. The zero-order valence-electron chi connectivity index (χ0n) is 9.14. The SMILES string of the molecule is O=c1c(O)cccn1Cc1ccc(CI)cc1. The second-order valence-corrected chi connectivity index (χ2v) is 4.54. The number of rotatable bonds is 3. The molecule has 3 nitrogen and oxygen atoms in total. The van der Waals surface area contributed by atoms with E-state index in [2.05, 4.69) is 34.7 Å². The second kappa shape index (κ2) is 5.35. The molecule has 0 fully saturated rings. The molecule has 1 aromatic heterocycles. The van der Waals surface area contributed by atoms with Crippen molar-refractivity contribution in [2.24, 2.45) is 0 Å². The van der Waals surface area contributed by atoms with Gasteiger partial charge in [-0.3, -0.25) is 4.79 Å². The van der Waals surface area contributed by atoms with Crippen LogP contribution in [-0.2, 0) is 11.0 Å². The van der Waals surface area contributed by atoms with E-state index in [0.29, 0.717) is 6.54 Å². The van der Waals surface area contributed by atoms with Crippen molar-refractivity contribution in [3.05, 3.63) is 64.1 Å². The van der Waals surface area contributed by atoms with Gasteiger partial charge in [-0.1, -0.05) is 46.9 Å². The molecule has 2 aromatic rings. The summed E-state index contributed by atoms with van der Waals surface area (Å²) >= 11 is 2.31. The Labute approximate surface area is 113 Å². The van der Waals surface area contributed by atoms with Gasteiger partial charge in [0.1, 0.15) is 0 Å². The number of aromatic nitrogens is 1. The molecule has 0 aliphatic carbocycles. The zero-order valence-corrected chi connectivity index (χ0v) is 11.3. The van der Waals surface area contributed by atoms with Gasteiger partial charge >= 0.3 is 0 Å². The van der Waals surface area contributed by atoms with Crippen LogP contribution in [0, 0.1) is 0 Å². The van der Waals surface area contributed by atoms with Crippen LogP contribution in [0.2, 0.25) is 0 Å². The van der Waals surface area contributed by atoms with Gasteiger partial charge in [0.2, 0.25) is 0 Å². The molecule has 0 atom stereocenters. The maximum Gasteiger partial charge on any atom is 0.292 e. The van der Waals surface area contributed by atoms with Gasteiger partial charge in [-0.25, -0.2) is 0 Å². The average Bonchev–Trinajstić information content (AvgIpc) is 2.36. The lowest BCUT2D eigenvalue weighted by Gasteiger charge is -2.06. The van der Waals surface area contributed by atoms with Gasteiger partial charge in [-0.05, 0) is 23.3 Å². The molecule has 0 spiro atoms. The normalized spacial score (nSPS) is 10.4. The Kier molecular flexibility index (Phi) is 3.83. The van der Waals surface area contributed by atoms with Crippen molar-refractivity contribution in [1.29, 1.82) is 0 Å². The van der Waals surface area contributed by atoms with Crippen molar-refractivity contribution >= 4 is 22.6 Å². The van der Waals surface area contributed by atoms with Crippen LogP contribution in [0.1, 0.15) is 11.1 Å². The van der Waals surface area contributed by atoms with Gasteiger partial charge < -0.3 is 9.67 Å². The first-order valence-electron chi connectivity index (χ1n) is 5.23. The average molecular weight is 341 g/mol. The maximum atomic E-state index is 11.6. The van der Waals surface area contributed by atoms with Gasteiger partial charge in [-0.2, -0.15) is 0 Å². The lowest BCUT2D eigenvalue weighted by Crippen LogP contribution is -2.19. The van der Waals surface area contributed by atoms with Crippen molar-refractivity contribution < 1.29 is 5.11 Å². The number of aromatic hydroxyl groups is 1. The molecule has 0 unspecified atom stereocenters. The number of nitrogens with zero attached hydrogens (tertiary/aromatic N) is 1. The fraction of sp³-hybridized carbons (Fsp3) is 0.154. The van der Waals surface area contributed by atoms with E-state index >= 15 is 0 Å². The number of halogens is 1. The summed E-state index contributed by atoms with van der Waals surface area (Å²) in [6.07, 6.45) is 1.67. The molecule has 1 aromatic carbocycles. The molecule has 1 N–H and O–H groups in total. The van der Waals surface area contributed by atoms with Crippen LogP contribution in [0.25, 0.3) is 0 Å². The van der Waals surface area contributed by atoms with Crippen LogP contribution in [0.4, 0.5) is 0 Å². The Hall–Kier alpha value is -1.30. The van der Waals surface area contributed by atoms with Gasteiger partial charge in [-0.15, -0.1) is 0 Å². The summed E-state index contributed by atoms with van der Waals surface area (Å²) in [5.74, 6) is -0.212. The quantitative estimate of drug-likeness (QED) is 0.689. The number of hydrogen-bond acceptors (Lipinski definition) is 2. The van der Waals surface area contributed by atoms with E-state index in [9.17, 15) is 9.90 Å². The highest BCUT2D eigenvalue weighted by atomic mass is 127. The molecule has 88 valence electrons. The first kappa shape index (κ1) is 12.2. The molecular formula is C13H12INO2. The first-order valence-corrected chi connectivity index (χ1v) is 6.75. The van der Waals surface area contributed by atoms with Crippen LogP contribution < -0.4 is 5.56 Å².